The molecule has 3 rings (SSSR count). The van der Waals surface area contributed by atoms with Crippen molar-refractivity contribution in [2.75, 3.05) is 13.2 Å². The van der Waals surface area contributed by atoms with E-state index in [9.17, 15) is 0 Å². The molecule has 6 nitrogen and oxygen atoms in total. The van der Waals surface area contributed by atoms with Crippen molar-refractivity contribution in [2.45, 2.75) is 19.6 Å². The van der Waals surface area contributed by atoms with Crippen LogP contribution in [0.1, 0.15) is 6.92 Å². The Morgan fingerprint density at radius 1 is 1.27 bits per heavy atom. The van der Waals surface area contributed by atoms with Gasteiger partial charge in [0.2, 0.25) is 0 Å². The van der Waals surface area contributed by atoms with E-state index >= 15 is 0 Å². The fourth-order valence-electron chi connectivity index (χ4n) is 2.49. The summed E-state index contributed by atoms with van der Waals surface area (Å²) >= 11 is 3.49. The second-order valence-corrected chi connectivity index (χ2v) is 6.32. The number of halogens is 1. The van der Waals surface area contributed by atoms with Crippen molar-refractivity contribution in [1.82, 2.24) is 9.55 Å². The van der Waals surface area contributed by atoms with E-state index in [4.69, 9.17) is 19.4 Å². The van der Waals surface area contributed by atoms with Gasteiger partial charge in [0.1, 0.15) is 18.5 Å². The van der Waals surface area contributed by atoms with Gasteiger partial charge in [0.25, 0.3) is 6.47 Å². The monoisotopic (exact) mass is 420 g/mol. The SMILES string of the molecule is CCOC(COc1ccc2cc(Br)ccc2c1)Cn1ccnc1.O=CO. The fourth-order valence-corrected chi connectivity index (χ4v) is 2.87. The summed E-state index contributed by atoms with van der Waals surface area (Å²) in [5, 5.41) is 9.24. The first-order valence-electron chi connectivity index (χ1n) is 8.13. The highest BCUT2D eigenvalue weighted by atomic mass is 79.9. The molecule has 1 atom stereocenters. The number of imidazole rings is 1. The molecular weight excluding hydrogens is 400 g/mol. The molecule has 0 aliphatic rings. The molecule has 0 bridgehead atoms. The van der Waals surface area contributed by atoms with Crippen LogP contribution in [0.4, 0.5) is 0 Å². The fraction of sp³-hybridized carbons (Fsp3) is 0.263. The molecule has 3 aromatic rings. The minimum absolute atomic E-state index is 0.00480. The Kier molecular flexibility index (Phi) is 8.11. The van der Waals surface area contributed by atoms with Crippen LogP contribution in [0.15, 0.2) is 59.6 Å². The van der Waals surface area contributed by atoms with Crippen molar-refractivity contribution in [2.24, 2.45) is 0 Å². The molecule has 2 aromatic carbocycles. The van der Waals surface area contributed by atoms with Gasteiger partial charge in [-0.25, -0.2) is 4.98 Å². The molecule has 0 aliphatic heterocycles. The van der Waals surface area contributed by atoms with Gasteiger partial charge in [-0.05, 0) is 42.0 Å². The lowest BCUT2D eigenvalue weighted by atomic mass is 10.1. The summed E-state index contributed by atoms with van der Waals surface area (Å²) in [4.78, 5) is 12.4. The van der Waals surface area contributed by atoms with E-state index in [1.807, 2.05) is 29.8 Å². The van der Waals surface area contributed by atoms with Crippen LogP contribution in [-0.4, -0.2) is 40.4 Å². The molecule has 26 heavy (non-hydrogen) atoms. The minimum atomic E-state index is -0.250. The third-order valence-corrected chi connectivity index (χ3v) is 4.08. The molecule has 0 amide bonds. The largest absolute Gasteiger partial charge is 0.491 e. The maximum atomic E-state index is 8.36. The van der Waals surface area contributed by atoms with Crippen LogP contribution in [0, 0.1) is 0 Å². The molecule has 1 unspecified atom stereocenters. The second kappa shape index (κ2) is 10.6. The molecule has 0 radical (unpaired) electrons. The van der Waals surface area contributed by atoms with E-state index in [0.717, 1.165) is 22.2 Å². The van der Waals surface area contributed by atoms with Crippen molar-refractivity contribution >= 4 is 33.2 Å². The highest BCUT2D eigenvalue weighted by Gasteiger charge is 2.11. The maximum Gasteiger partial charge on any atom is 0.290 e. The van der Waals surface area contributed by atoms with Crippen LogP contribution < -0.4 is 4.74 Å². The Morgan fingerprint density at radius 3 is 2.69 bits per heavy atom. The van der Waals surface area contributed by atoms with E-state index in [1.54, 1.807) is 12.5 Å². The van der Waals surface area contributed by atoms with E-state index < -0.39 is 0 Å². The molecule has 0 saturated carbocycles. The lowest BCUT2D eigenvalue weighted by Crippen LogP contribution is -2.26. The molecule has 7 heteroatoms. The predicted molar refractivity (Wildman–Crippen MR) is 103 cm³/mol. The summed E-state index contributed by atoms with van der Waals surface area (Å²) in [6.07, 6.45) is 5.49. The van der Waals surface area contributed by atoms with Crippen LogP contribution in [0.3, 0.4) is 0 Å². The molecule has 1 aromatic heterocycles. The molecular formula is C19H21BrN2O4. The standard InChI is InChI=1S/C18H19BrN2O2.CH2O2/c1-2-22-18(11-21-8-7-20-13-21)12-23-17-6-4-14-9-16(19)5-3-15(14)10-17;2-1-3/h3-10,13,18H,2,11-12H2,1H3;1H,(H,2,3). The number of hydrogen-bond donors (Lipinski definition) is 1. The zero-order valence-corrected chi connectivity index (χ0v) is 16.0. The smallest absolute Gasteiger partial charge is 0.290 e. The van der Waals surface area contributed by atoms with Gasteiger partial charge < -0.3 is 19.1 Å². The number of hydrogen-bond acceptors (Lipinski definition) is 4. The van der Waals surface area contributed by atoms with E-state index in [1.165, 1.54) is 5.39 Å². The number of benzene rings is 2. The second-order valence-electron chi connectivity index (χ2n) is 5.41. The predicted octanol–water partition coefficient (Wildman–Crippen LogP) is 3.98. The third kappa shape index (κ3) is 6.16. The first-order valence-corrected chi connectivity index (χ1v) is 8.93. The topological polar surface area (TPSA) is 73.6 Å². The minimum Gasteiger partial charge on any atom is -0.491 e. The first kappa shape index (κ1) is 19.9. The Balaban J connectivity index is 0.000000758. The summed E-state index contributed by atoms with van der Waals surface area (Å²) in [6, 6.07) is 12.3. The van der Waals surface area contributed by atoms with Gasteiger partial charge in [-0.2, -0.15) is 0 Å². The zero-order chi connectivity index (χ0) is 18.8. The molecule has 0 fully saturated rings. The summed E-state index contributed by atoms with van der Waals surface area (Å²) in [6.45, 7) is 3.64. The number of carbonyl (C=O) groups is 1. The number of rotatable bonds is 7. The Hall–Kier alpha value is -2.38. The van der Waals surface area contributed by atoms with Gasteiger partial charge in [0, 0.05) is 23.5 Å². The van der Waals surface area contributed by atoms with E-state index in [-0.39, 0.29) is 12.6 Å². The van der Waals surface area contributed by atoms with Gasteiger partial charge in [-0.3, -0.25) is 4.79 Å². The van der Waals surface area contributed by atoms with E-state index in [2.05, 4.69) is 45.2 Å². The number of ether oxygens (including phenoxy) is 2. The lowest BCUT2D eigenvalue weighted by molar-refractivity contribution is -0.122. The number of nitrogens with zero attached hydrogens (tertiary/aromatic N) is 2. The van der Waals surface area contributed by atoms with Crippen molar-refractivity contribution < 1.29 is 19.4 Å². The molecule has 0 saturated heterocycles. The van der Waals surface area contributed by atoms with Crippen LogP contribution >= 0.6 is 15.9 Å². The number of carboxylic acid groups (broad SMARTS) is 1. The number of fused-ring (bicyclic) bond motifs is 1. The summed E-state index contributed by atoms with van der Waals surface area (Å²) in [5.41, 5.74) is 0. The van der Waals surface area contributed by atoms with Gasteiger partial charge in [0.05, 0.1) is 12.9 Å². The normalized spacial score (nSPS) is 11.5. The average Bonchev–Trinajstić information content (AvgIpc) is 3.13. The van der Waals surface area contributed by atoms with Gasteiger partial charge in [-0.1, -0.05) is 28.1 Å². The van der Waals surface area contributed by atoms with Crippen LogP contribution in [-0.2, 0) is 16.1 Å². The quantitative estimate of drug-likeness (QED) is 0.585. The summed E-state index contributed by atoms with van der Waals surface area (Å²) in [5.74, 6) is 0.857. The summed E-state index contributed by atoms with van der Waals surface area (Å²) in [7, 11) is 0. The third-order valence-electron chi connectivity index (χ3n) is 3.59. The summed E-state index contributed by atoms with van der Waals surface area (Å²) < 4.78 is 14.8. The maximum absolute atomic E-state index is 8.36. The van der Waals surface area contributed by atoms with Gasteiger partial charge in [-0.15, -0.1) is 0 Å². The molecule has 1 N–H and O–H groups in total. The molecule has 0 spiro atoms. The Bertz CT molecular complexity index is 808. The zero-order valence-electron chi connectivity index (χ0n) is 14.4. The lowest BCUT2D eigenvalue weighted by Gasteiger charge is -2.18. The van der Waals surface area contributed by atoms with Crippen molar-refractivity contribution in [3.8, 4) is 5.75 Å². The highest BCUT2D eigenvalue weighted by Crippen LogP contribution is 2.24. The molecule has 138 valence electrons. The van der Waals surface area contributed by atoms with Crippen LogP contribution in [0.5, 0.6) is 5.75 Å². The van der Waals surface area contributed by atoms with Crippen molar-refractivity contribution in [3.05, 3.63) is 59.6 Å². The molecule has 0 aliphatic carbocycles. The Labute approximate surface area is 160 Å². The van der Waals surface area contributed by atoms with Crippen molar-refractivity contribution in [3.63, 3.8) is 0 Å². The van der Waals surface area contributed by atoms with Gasteiger partial charge >= 0.3 is 0 Å². The molecule has 1 heterocycles. The number of aromatic nitrogens is 2. The highest BCUT2D eigenvalue weighted by molar-refractivity contribution is 9.10. The van der Waals surface area contributed by atoms with Gasteiger partial charge in [0.15, 0.2) is 0 Å². The van der Waals surface area contributed by atoms with Crippen LogP contribution in [0.25, 0.3) is 10.8 Å². The van der Waals surface area contributed by atoms with Crippen molar-refractivity contribution in [1.29, 1.82) is 0 Å². The van der Waals surface area contributed by atoms with Crippen LogP contribution in [0.2, 0.25) is 0 Å². The average molecular weight is 421 g/mol. The van der Waals surface area contributed by atoms with E-state index in [0.29, 0.717) is 13.2 Å². The Morgan fingerprint density at radius 2 is 2.00 bits per heavy atom. The first-order chi connectivity index (χ1) is 12.7.